The third kappa shape index (κ3) is 40.7. The minimum Gasteiger partial charge on any atom is -0.481 e. The lowest BCUT2D eigenvalue weighted by atomic mass is 10.1. The van der Waals surface area contributed by atoms with Crippen molar-refractivity contribution in [1.29, 1.82) is 0 Å². The second kappa shape index (κ2) is 25.0. The van der Waals surface area contributed by atoms with Crippen LogP contribution >= 0.6 is 7.82 Å². The molecule has 0 aromatic rings. The van der Waals surface area contributed by atoms with Crippen molar-refractivity contribution < 1.29 is 33.3 Å². The van der Waals surface area contributed by atoms with Gasteiger partial charge in [-0.15, -0.1) is 0 Å². The molecule has 0 aliphatic rings. The summed E-state index contributed by atoms with van der Waals surface area (Å²) in [7, 11) is 1.50. The zero-order chi connectivity index (χ0) is 26.8. The summed E-state index contributed by atoms with van der Waals surface area (Å²) in [6.07, 6.45) is 27.1. The molecule has 0 saturated heterocycles. The molecule has 0 bridgehead atoms. The molecular formula is C27H57NO6P+. The van der Waals surface area contributed by atoms with Gasteiger partial charge in [-0.3, -0.25) is 9.32 Å². The fourth-order valence-corrected chi connectivity index (χ4v) is 3.81. The van der Waals surface area contributed by atoms with Crippen molar-refractivity contribution in [3.63, 3.8) is 0 Å². The highest BCUT2D eigenvalue weighted by atomic mass is 31.2. The highest BCUT2D eigenvalue weighted by Gasteiger charge is 2.16. The number of carbonyl (C=O) groups is 1. The highest BCUT2D eigenvalue weighted by Crippen LogP contribution is 2.35. The first-order valence-electron chi connectivity index (χ1n) is 13.8. The van der Waals surface area contributed by atoms with Crippen LogP contribution in [-0.4, -0.2) is 59.6 Å². The average molecular weight is 523 g/mol. The van der Waals surface area contributed by atoms with Crippen LogP contribution < -0.4 is 0 Å². The molecule has 0 fully saturated rings. The van der Waals surface area contributed by atoms with Crippen LogP contribution in [0.2, 0.25) is 0 Å². The molecule has 0 heterocycles. The van der Waals surface area contributed by atoms with Gasteiger partial charge in [0.1, 0.15) is 13.2 Å². The molecule has 0 amide bonds. The number of hydrogen-bond donors (Lipinski definition) is 3. The number of quaternary nitrogens is 1. The van der Waals surface area contributed by atoms with E-state index in [1.54, 1.807) is 0 Å². The number of carboxylic acid groups (broad SMARTS) is 1. The Bertz CT molecular complexity index is 542. The molecule has 0 radical (unpaired) electrons. The van der Waals surface area contributed by atoms with Crippen LogP contribution in [0, 0.1) is 0 Å². The number of likely N-dealkylation sites (N-methyl/N-ethyl adjacent to an activating group) is 1. The number of aliphatic carboxylic acids is 1. The molecule has 0 unspecified atom stereocenters. The largest absolute Gasteiger partial charge is 0.481 e. The van der Waals surface area contributed by atoms with E-state index in [0.717, 1.165) is 12.8 Å². The lowest BCUT2D eigenvalue weighted by Gasteiger charge is -2.23. The number of carboxylic acids is 1. The third-order valence-electron chi connectivity index (χ3n) is 5.67. The summed E-state index contributed by atoms with van der Waals surface area (Å²) in [5.74, 6) is -0.656. The minimum atomic E-state index is -4.26. The van der Waals surface area contributed by atoms with Gasteiger partial charge in [-0.05, 0) is 32.1 Å². The van der Waals surface area contributed by atoms with Gasteiger partial charge in [0.2, 0.25) is 0 Å². The summed E-state index contributed by atoms with van der Waals surface area (Å²) < 4.78 is 15.1. The molecule has 3 N–H and O–H groups in total. The number of phosphoric acid groups is 1. The fourth-order valence-electron chi connectivity index (χ4n) is 3.49. The van der Waals surface area contributed by atoms with Crippen molar-refractivity contribution >= 4 is 13.8 Å². The summed E-state index contributed by atoms with van der Waals surface area (Å²) in [6.45, 7) is 2.92. The molecule has 0 aliphatic carbocycles. The Morgan fingerprint density at radius 3 is 1.51 bits per heavy atom. The van der Waals surface area contributed by atoms with E-state index < -0.39 is 13.8 Å². The SMILES string of the molecule is CCCCCCCC/C=C\CCCCCCCCCCCC(=O)O.C[N+](C)(C)CCOP(=O)(O)O. The Hall–Kier alpha value is -0.720. The normalized spacial score (nSPS) is 12.1. The summed E-state index contributed by atoms with van der Waals surface area (Å²) in [6, 6.07) is 0. The number of phosphoric ester groups is 1. The maximum atomic E-state index is 10.4. The van der Waals surface area contributed by atoms with Crippen molar-refractivity contribution in [1.82, 2.24) is 0 Å². The van der Waals surface area contributed by atoms with Crippen molar-refractivity contribution in [3.05, 3.63) is 12.2 Å². The zero-order valence-electron chi connectivity index (χ0n) is 23.3. The molecule has 0 saturated carbocycles. The van der Waals surface area contributed by atoms with Gasteiger partial charge in [0.15, 0.2) is 0 Å². The van der Waals surface area contributed by atoms with Gasteiger partial charge in [0.25, 0.3) is 0 Å². The number of rotatable bonds is 23. The molecule has 8 heteroatoms. The molecule has 0 atom stereocenters. The standard InChI is InChI=1S/C22H42O2.C5H14NO4P/c1-2-3-4-5-6-7-8-9-10-11-12-13-14-15-16-17-18-19-20-21-22(23)24;1-6(2,3)4-5-10-11(7,8)9/h9-10H,2-8,11-21H2,1H3,(H,23,24);4-5H2,1-3H3,(H-,7,8,9)/p+1/b10-9-;. The van der Waals surface area contributed by atoms with Crippen LogP contribution in [0.15, 0.2) is 12.2 Å². The van der Waals surface area contributed by atoms with E-state index in [4.69, 9.17) is 14.9 Å². The summed E-state index contributed by atoms with van der Waals surface area (Å²) in [5.41, 5.74) is 0. The minimum absolute atomic E-state index is 0.0772. The van der Waals surface area contributed by atoms with Crippen LogP contribution in [0.3, 0.4) is 0 Å². The van der Waals surface area contributed by atoms with E-state index in [-0.39, 0.29) is 6.61 Å². The second-order valence-electron chi connectivity index (χ2n) is 10.5. The Morgan fingerprint density at radius 2 is 1.14 bits per heavy atom. The summed E-state index contributed by atoms with van der Waals surface area (Å²) in [5, 5.41) is 8.55. The Labute approximate surface area is 216 Å². The van der Waals surface area contributed by atoms with Gasteiger partial charge in [-0.1, -0.05) is 96.1 Å². The predicted octanol–water partition coefficient (Wildman–Crippen LogP) is 7.47. The smallest absolute Gasteiger partial charge is 0.469 e. The van der Waals surface area contributed by atoms with E-state index in [1.807, 2.05) is 21.1 Å². The molecule has 7 nitrogen and oxygen atoms in total. The van der Waals surface area contributed by atoms with Gasteiger partial charge in [-0.2, -0.15) is 0 Å². The quantitative estimate of drug-likeness (QED) is 0.0556. The van der Waals surface area contributed by atoms with Gasteiger partial charge >= 0.3 is 13.8 Å². The maximum Gasteiger partial charge on any atom is 0.469 e. The second-order valence-corrected chi connectivity index (χ2v) is 11.7. The van der Waals surface area contributed by atoms with Gasteiger partial charge in [0, 0.05) is 6.42 Å². The van der Waals surface area contributed by atoms with E-state index in [2.05, 4.69) is 23.6 Å². The molecular weight excluding hydrogens is 465 g/mol. The topological polar surface area (TPSA) is 104 Å². The van der Waals surface area contributed by atoms with E-state index in [0.29, 0.717) is 17.4 Å². The van der Waals surface area contributed by atoms with Crippen molar-refractivity contribution in [2.45, 2.75) is 122 Å². The molecule has 0 spiro atoms. The molecule has 0 aliphatic heterocycles. The molecule has 0 rings (SSSR count). The van der Waals surface area contributed by atoms with Crippen LogP contribution in [-0.2, 0) is 13.9 Å². The van der Waals surface area contributed by atoms with E-state index >= 15 is 0 Å². The number of hydrogen-bond acceptors (Lipinski definition) is 3. The van der Waals surface area contributed by atoms with Crippen molar-refractivity contribution in [2.75, 3.05) is 34.3 Å². The number of unbranched alkanes of at least 4 members (excludes halogenated alkanes) is 15. The van der Waals surface area contributed by atoms with Crippen LogP contribution in [0.5, 0.6) is 0 Å². The molecule has 0 aromatic heterocycles. The average Bonchev–Trinajstić information content (AvgIpc) is 2.74. The lowest BCUT2D eigenvalue weighted by molar-refractivity contribution is -0.870. The van der Waals surface area contributed by atoms with Gasteiger partial charge in [0.05, 0.1) is 21.1 Å². The summed E-state index contributed by atoms with van der Waals surface area (Å²) >= 11 is 0. The predicted molar refractivity (Wildman–Crippen MR) is 146 cm³/mol. The monoisotopic (exact) mass is 522 g/mol. The van der Waals surface area contributed by atoms with Crippen LogP contribution in [0.1, 0.15) is 122 Å². The number of allylic oxidation sites excluding steroid dienone is 2. The Balaban J connectivity index is 0. The Kier molecular flexibility index (Phi) is 26.0. The molecule has 35 heavy (non-hydrogen) atoms. The van der Waals surface area contributed by atoms with E-state index in [9.17, 15) is 9.36 Å². The Morgan fingerprint density at radius 1 is 0.743 bits per heavy atom. The first-order chi connectivity index (χ1) is 16.5. The van der Waals surface area contributed by atoms with Crippen molar-refractivity contribution in [3.8, 4) is 0 Å². The zero-order valence-corrected chi connectivity index (χ0v) is 24.2. The van der Waals surface area contributed by atoms with Gasteiger partial charge < -0.3 is 19.4 Å². The fraction of sp³-hybridized carbons (Fsp3) is 0.889. The highest BCUT2D eigenvalue weighted by molar-refractivity contribution is 7.46. The van der Waals surface area contributed by atoms with Crippen LogP contribution in [0.4, 0.5) is 0 Å². The first kappa shape index (κ1) is 36.4. The lowest BCUT2D eigenvalue weighted by Crippen LogP contribution is -2.37. The molecule has 0 aromatic carbocycles. The molecule has 210 valence electrons. The van der Waals surface area contributed by atoms with Crippen molar-refractivity contribution in [2.24, 2.45) is 0 Å². The number of nitrogens with zero attached hydrogens (tertiary/aromatic N) is 1. The third-order valence-corrected chi connectivity index (χ3v) is 6.19. The first-order valence-corrected chi connectivity index (χ1v) is 15.4. The van der Waals surface area contributed by atoms with Gasteiger partial charge in [-0.25, -0.2) is 4.57 Å². The van der Waals surface area contributed by atoms with E-state index in [1.165, 1.54) is 96.3 Å². The summed E-state index contributed by atoms with van der Waals surface area (Å²) in [4.78, 5) is 27.0. The van der Waals surface area contributed by atoms with Crippen LogP contribution in [0.25, 0.3) is 0 Å². The maximum absolute atomic E-state index is 10.4.